The summed E-state index contributed by atoms with van der Waals surface area (Å²) in [7, 11) is 0. The summed E-state index contributed by atoms with van der Waals surface area (Å²) >= 11 is 2.01. The fourth-order valence-electron chi connectivity index (χ4n) is 2.28. The van der Waals surface area contributed by atoms with Gasteiger partial charge in [-0.1, -0.05) is 0 Å². The molecule has 0 fully saturated rings. The predicted molar refractivity (Wildman–Crippen MR) is 72.4 cm³/mol. The number of rotatable bonds is 2. The molecule has 2 aromatic heterocycles. The van der Waals surface area contributed by atoms with Gasteiger partial charge in [-0.25, -0.2) is 0 Å². The third kappa shape index (κ3) is 1.55. The molecule has 0 radical (unpaired) electrons. The van der Waals surface area contributed by atoms with Gasteiger partial charge in [-0.05, 0) is 0 Å². The number of hydrogen-bond acceptors (Lipinski definition) is 2. The summed E-state index contributed by atoms with van der Waals surface area (Å²) in [6.45, 7) is 0. The second kappa shape index (κ2) is 3.92. The molecule has 1 aliphatic rings. The Bertz CT molecular complexity index is 410. The van der Waals surface area contributed by atoms with Gasteiger partial charge in [0.2, 0.25) is 0 Å². The summed E-state index contributed by atoms with van der Waals surface area (Å²) in [5, 5.41) is 7.16. The molecule has 0 spiro atoms. The van der Waals surface area contributed by atoms with Crippen LogP contribution in [0.1, 0.15) is 0 Å². The summed E-state index contributed by atoms with van der Waals surface area (Å²) in [6, 6.07) is 9.13. The van der Waals surface area contributed by atoms with Crippen molar-refractivity contribution in [3.63, 3.8) is 0 Å². The molecule has 15 heavy (non-hydrogen) atoms. The zero-order chi connectivity index (χ0) is 10.1. The van der Waals surface area contributed by atoms with Gasteiger partial charge in [-0.3, -0.25) is 0 Å². The molecule has 3 heterocycles. The molecule has 1 aliphatic heterocycles. The topological polar surface area (TPSA) is 0 Å². The Hall–Kier alpha value is -0.317. The van der Waals surface area contributed by atoms with Crippen molar-refractivity contribution in [1.82, 2.24) is 0 Å². The van der Waals surface area contributed by atoms with Crippen LogP contribution in [0.2, 0.25) is 10.5 Å². The van der Waals surface area contributed by atoms with Crippen LogP contribution in [-0.2, 0) is 0 Å². The number of allylic oxidation sites excluding steroid dienone is 2. The Morgan fingerprint density at radius 2 is 1.40 bits per heavy atom. The fourth-order valence-corrected chi connectivity index (χ4v) is 17.2. The maximum absolute atomic E-state index is 2.40. The monoisotopic (exact) mass is 294 g/mol. The van der Waals surface area contributed by atoms with Crippen LogP contribution < -0.4 is 7.42 Å². The summed E-state index contributed by atoms with van der Waals surface area (Å²) in [4.78, 5) is 0. The third-order valence-electron chi connectivity index (χ3n) is 3.08. The second-order valence-corrected chi connectivity index (χ2v) is 15.8. The van der Waals surface area contributed by atoms with Gasteiger partial charge in [0.25, 0.3) is 0 Å². The molecule has 3 heteroatoms. The van der Waals surface area contributed by atoms with Crippen LogP contribution in [0.15, 0.2) is 47.2 Å². The molecule has 0 unspecified atom stereocenters. The molecular weight excluding hydrogens is 281 g/mol. The van der Waals surface area contributed by atoms with E-state index in [1.54, 1.807) is 7.42 Å². The van der Waals surface area contributed by atoms with E-state index in [0.717, 1.165) is 0 Å². The molecular formula is C12H12GeS2. The molecule has 2 aromatic rings. The molecule has 0 nitrogen and oxygen atoms in total. The Labute approximate surface area is 101 Å². The number of thiophene rings is 2. The SMILES string of the molecule is C1=C[CH2][Ge]([c]2cccs2)([c]2cccs2)[CH2]1. The zero-order valence-electron chi connectivity index (χ0n) is 8.35. The van der Waals surface area contributed by atoms with E-state index in [2.05, 4.69) is 47.2 Å². The molecule has 0 N–H and O–H groups in total. The molecule has 0 aromatic carbocycles. The van der Waals surface area contributed by atoms with Gasteiger partial charge >= 0.3 is 101 Å². The normalized spacial score (nSPS) is 18.4. The van der Waals surface area contributed by atoms with Crippen LogP contribution in [0.5, 0.6) is 0 Å². The average Bonchev–Trinajstić information content (AvgIpc) is 3.02. The Morgan fingerprint density at radius 1 is 0.867 bits per heavy atom. The van der Waals surface area contributed by atoms with Gasteiger partial charge in [-0.15, -0.1) is 0 Å². The van der Waals surface area contributed by atoms with Crippen molar-refractivity contribution in [2.24, 2.45) is 0 Å². The van der Waals surface area contributed by atoms with E-state index in [9.17, 15) is 0 Å². The van der Waals surface area contributed by atoms with Gasteiger partial charge in [0, 0.05) is 0 Å². The van der Waals surface area contributed by atoms with E-state index < -0.39 is 13.3 Å². The van der Waals surface area contributed by atoms with Crippen LogP contribution in [0, 0.1) is 0 Å². The molecule has 76 valence electrons. The first kappa shape index (κ1) is 9.88. The Balaban J connectivity index is 2.11. The molecule has 0 amide bonds. The Kier molecular flexibility index (Phi) is 2.58. The summed E-state index contributed by atoms with van der Waals surface area (Å²) in [5.41, 5.74) is 0. The van der Waals surface area contributed by atoms with Crippen molar-refractivity contribution in [3.05, 3.63) is 47.2 Å². The van der Waals surface area contributed by atoms with E-state index in [4.69, 9.17) is 0 Å². The Morgan fingerprint density at radius 3 is 1.80 bits per heavy atom. The van der Waals surface area contributed by atoms with E-state index >= 15 is 0 Å². The fraction of sp³-hybridized carbons (Fsp3) is 0.167. The first-order valence-corrected chi connectivity index (χ1v) is 12.0. The minimum absolute atomic E-state index is 1.35. The van der Waals surface area contributed by atoms with Gasteiger partial charge in [-0.2, -0.15) is 0 Å². The second-order valence-electron chi connectivity index (χ2n) is 3.92. The third-order valence-corrected chi connectivity index (χ3v) is 18.6. The van der Waals surface area contributed by atoms with E-state index in [1.807, 2.05) is 22.7 Å². The van der Waals surface area contributed by atoms with E-state index in [0.29, 0.717) is 0 Å². The minimum atomic E-state index is -1.92. The van der Waals surface area contributed by atoms with Gasteiger partial charge in [0.15, 0.2) is 0 Å². The maximum atomic E-state index is 2.40. The molecule has 0 saturated heterocycles. The van der Waals surface area contributed by atoms with Crippen molar-refractivity contribution in [1.29, 1.82) is 0 Å². The van der Waals surface area contributed by atoms with Crippen molar-refractivity contribution >= 4 is 43.4 Å². The first-order valence-electron chi connectivity index (χ1n) is 5.15. The van der Waals surface area contributed by atoms with Gasteiger partial charge in [0.05, 0.1) is 0 Å². The first-order chi connectivity index (χ1) is 7.42. The van der Waals surface area contributed by atoms with Crippen LogP contribution >= 0.6 is 22.7 Å². The summed E-state index contributed by atoms with van der Waals surface area (Å²) in [6.07, 6.45) is 4.80. The zero-order valence-corrected chi connectivity index (χ0v) is 12.1. The van der Waals surface area contributed by atoms with Gasteiger partial charge in [0.1, 0.15) is 0 Å². The van der Waals surface area contributed by atoms with Crippen molar-refractivity contribution < 1.29 is 0 Å². The molecule has 0 atom stereocenters. The predicted octanol–water partition coefficient (Wildman–Crippen LogP) is 2.94. The standard InChI is InChI=1S/C12H12GeS2/c1-2-8-13(7-1,11-5-3-9-14-11)12-6-4-10-15-12/h1-6,9-10H,7-8H2. The van der Waals surface area contributed by atoms with E-state index in [-0.39, 0.29) is 0 Å². The number of hydrogen-bond donors (Lipinski definition) is 0. The quantitative estimate of drug-likeness (QED) is 0.590. The molecule has 0 aliphatic carbocycles. The summed E-state index contributed by atoms with van der Waals surface area (Å²) in [5.74, 6) is 0. The van der Waals surface area contributed by atoms with Crippen LogP contribution in [0.4, 0.5) is 0 Å². The summed E-state index contributed by atoms with van der Waals surface area (Å²) < 4.78 is 3.39. The van der Waals surface area contributed by atoms with Crippen molar-refractivity contribution in [3.8, 4) is 0 Å². The average molecular weight is 293 g/mol. The van der Waals surface area contributed by atoms with Crippen molar-refractivity contribution in [2.75, 3.05) is 0 Å². The van der Waals surface area contributed by atoms with Crippen LogP contribution in [0.25, 0.3) is 0 Å². The molecule has 3 rings (SSSR count). The van der Waals surface area contributed by atoms with Gasteiger partial charge < -0.3 is 0 Å². The van der Waals surface area contributed by atoms with E-state index in [1.165, 1.54) is 10.5 Å². The van der Waals surface area contributed by atoms with Crippen LogP contribution in [-0.4, -0.2) is 13.3 Å². The van der Waals surface area contributed by atoms with Crippen LogP contribution in [0.3, 0.4) is 0 Å². The molecule has 0 saturated carbocycles. The van der Waals surface area contributed by atoms with Crippen molar-refractivity contribution in [2.45, 2.75) is 10.5 Å². The molecule has 0 bridgehead atoms.